The molecule has 6 heteroatoms. The molecule has 0 amide bonds. The summed E-state index contributed by atoms with van der Waals surface area (Å²) < 4.78 is 18.8. The number of nitrogens with zero attached hydrogens (tertiary/aromatic N) is 2. The van der Waals surface area contributed by atoms with Crippen molar-refractivity contribution in [1.82, 2.24) is 10.2 Å². The molecule has 4 nitrogen and oxygen atoms in total. The number of aliphatic imine (C=N–C) groups is 1. The van der Waals surface area contributed by atoms with Crippen LogP contribution >= 0.6 is 24.0 Å². The lowest BCUT2D eigenvalue weighted by molar-refractivity contribution is 0.0263. The van der Waals surface area contributed by atoms with E-state index in [2.05, 4.69) is 29.1 Å². The largest absolute Gasteiger partial charge is 0.378 e. The summed E-state index contributed by atoms with van der Waals surface area (Å²) in [7, 11) is 1.82. The summed E-state index contributed by atoms with van der Waals surface area (Å²) in [6.07, 6.45) is 2.45. The molecule has 1 saturated heterocycles. The van der Waals surface area contributed by atoms with Crippen molar-refractivity contribution < 1.29 is 9.13 Å². The molecule has 0 atom stereocenters. The maximum absolute atomic E-state index is 13.1. The highest BCUT2D eigenvalue weighted by atomic mass is 127. The van der Waals surface area contributed by atoms with Gasteiger partial charge < -0.3 is 15.0 Å². The minimum Gasteiger partial charge on any atom is -0.378 e. The Labute approximate surface area is 168 Å². The number of guanidine groups is 1. The van der Waals surface area contributed by atoms with Crippen LogP contribution in [0.25, 0.3) is 0 Å². The quantitative estimate of drug-likeness (QED) is 0.410. The zero-order valence-electron chi connectivity index (χ0n) is 15.7. The fraction of sp³-hybridized carbons (Fsp3) is 0.632. The fourth-order valence-corrected chi connectivity index (χ4v) is 3.11. The minimum atomic E-state index is -0.199. The Morgan fingerprint density at radius 3 is 2.40 bits per heavy atom. The summed E-state index contributed by atoms with van der Waals surface area (Å²) in [5.41, 5.74) is 1.01. The van der Waals surface area contributed by atoms with Gasteiger partial charge in [0.15, 0.2) is 5.96 Å². The van der Waals surface area contributed by atoms with Gasteiger partial charge in [-0.1, -0.05) is 26.0 Å². The lowest BCUT2D eigenvalue weighted by Gasteiger charge is -2.35. The first-order valence-electron chi connectivity index (χ1n) is 8.79. The van der Waals surface area contributed by atoms with E-state index in [0.29, 0.717) is 6.10 Å². The average Bonchev–Trinajstić information content (AvgIpc) is 2.57. The predicted molar refractivity (Wildman–Crippen MR) is 112 cm³/mol. The van der Waals surface area contributed by atoms with Gasteiger partial charge in [0.25, 0.3) is 0 Å². The molecule has 2 rings (SSSR count). The predicted octanol–water partition coefficient (Wildman–Crippen LogP) is 3.80. The minimum absolute atomic E-state index is 0. The number of hydrogen-bond acceptors (Lipinski definition) is 2. The zero-order valence-corrected chi connectivity index (χ0v) is 18.0. The van der Waals surface area contributed by atoms with Crippen molar-refractivity contribution in [3.05, 3.63) is 35.6 Å². The van der Waals surface area contributed by atoms with E-state index in [1.165, 1.54) is 12.1 Å². The van der Waals surface area contributed by atoms with E-state index in [-0.39, 0.29) is 35.2 Å². The van der Waals surface area contributed by atoms with E-state index < -0.39 is 0 Å². The summed E-state index contributed by atoms with van der Waals surface area (Å²) in [4.78, 5) is 6.71. The van der Waals surface area contributed by atoms with Gasteiger partial charge in [-0.2, -0.15) is 0 Å². The fourth-order valence-electron chi connectivity index (χ4n) is 3.11. The molecular formula is C19H31FIN3O. The number of ether oxygens (including phenoxy) is 1. The van der Waals surface area contributed by atoms with E-state index in [1.54, 1.807) is 0 Å². The first kappa shape index (κ1) is 22.2. The van der Waals surface area contributed by atoms with Crippen molar-refractivity contribution >= 4 is 29.9 Å². The van der Waals surface area contributed by atoms with Gasteiger partial charge in [-0.25, -0.2) is 4.39 Å². The van der Waals surface area contributed by atoms with Crippen molar-refractivity contribution in [3.8, 4) is 0 Å². The van der Waals surface area contributed by atoms with Gasteiger partial charge in [-0.15, -0.1) is 24.0 Å². The molecule has 0 aliphatic carbocycles. The molecule has 0 bridgehead atoms. The van der Waals surface area contributed by atoms with Crippen molar-refractivity contribution in [1.29, 1.82) is 0 Å². The normalized spacial score (nSPS) is 16.5. The lowest BCUT2D eigenvalue weighted by atomic mass is 9.84. The van der Waals surface area contributed by atoms with Crippen LogP contribution in [-0.4, -0.2) is 50.3 Å². The molecule has 142 valence electrons. The third-order valence-corrected chi connectivity index (χ3v) is 4.67. The summed E-state index contributed by atoms with van der Waals surface area (Å²) in [6, 6.07) is 6.75. The van der Waals surface area contributed by atoms with Gasteiger partial charge in [0.2, 0.25) is 0 Å². The third kappa shape index (κ3) is 6.40. The van der Waals surface area contributed by atoms with Gasteiger partial charge in [-0.05, 0) is 37.5 Å². The lowest BCUT2D eigenvalue weighted by Crippen LogP contribution is -2.49. The number of rotatable bonds is 5. The van der Waals surface area contributed by atoms with Crippen LogP contribution in [0.15, 0.2) is 29.3 Å². The Balaban J connectivity index is 0.00000312. The van der Waals surface area contributed by atoms with Crippen LogP contribution in [0.3, 0.4) is 0 Å². The smallest absolute Gasteiger partial charge is 0.193 e. The van der Waals surface area contributed by atoms with E-state index in [1.807, 2.05) is 26.1 Å². The SMILES string of the molecule is CCOC1CCN(C(=NC)NCC(C)(C)c2ccc(F)cc2)CC1.I. The summed E-state index contributed by atoms with van der Waals surface area (Å²) >= 11 is 0. The molecule has 0 radical (unpaired) electrons. The van der Waals surface area contributed by atoms with Crippen LogP contribution in [-0.2, 0) is 10.2 Å². The van der Waals surface area contributed by atoms with E-state index in [9.17, 15) is 4.39 Å². The first-order chi connectivity index (χ1) is 11.5. The highest BCUT2D eigenvalue weighted by Crippen LogP contribution is 2.22. The molecule has 1 heterocycles. The van der Waals surface area contributed by atoms with Crippen molar-refractivity contribution in [3.63, 3.8) is 0 Å². The molecule has 0 unspecified atom stereocenters. The molecule has 0 saturated carbocycles. The molecular weight excluding hydrogens is 432 g/mol. The second-order valence-corrected chi connectivity index (χ2v) is 6.93. The Hall–Kier alpha value is -0.890. The molecule has 1 aliphatic heterocycles. The number of piperidine rings is 1. The van der Waals surface area contributed by atoms with E-state index in [4.69, 9.17) is 4.74 Å². The molecule has 1 aliphatic rings. The monoisotopic (exact) mass is 463 g/mol. The van der Waals surface area contributed by atoms with Crippen molar-refractivity contribution in [2.24, 2.45) is 4.99 Å². The van der Waals surface area contributed by atoms with Crippen LogP contribution in [0, 0.1) is 5.82 Å². The van der Waals surface area contributed by atoms with Crippen LogP contribution in [0.1, 0.15) is 39.2 Å². The second kappa shape index (κ2) is 10.3. The molecule has 1 fully saturated rings. The van der Waals surface area contributed by atoms with Gasteiger partial charge in [0.05, 0.1) is 6.10 Å². The molecule has 1 aromatic rings. The maximum atomic E-state index is 13.1. The topological polar surface area (TPSA) is 36.9 Å². The van der Waals surface area contributed by atoms with Crippen LogP contribution in [0.4, 0.5) is 4.39 Å². The molecule has 0 aromatic heterocycles. The van der Waals surface area contributed by atoms with Gasteiger partial charge in [0.1, 0.15) is 5.82 Å². The number of nitrogens with one attached hydrogen (secondary N) is 1. The molecule has 25 heavy (non-hydrogen) atoms. The summed E-state index contributed by atoms with van der Waals surface area (Å²) in [5, 5.41) is 3.48. The van der Waals surface area contributed by atoms with Crippen LogP contribution in [0.5, 0.6) is 0 Å². The molecule has 1 aromatic carbocycles. The van der Waals surface area contributed by atoms with Crippen molar-refractivity contribution in [2.75, 3.05) is 33.3 Å². The number of hydrogen-bond donors (Lipinski definition) is 1. The van der Waals surface area contributed by atoms with Gasteiger partial charge in [0, 0.05) is 38.7 Å². The van der Waals surface area contributed by atoms with E-state index in [0.717, 1.165) is 50.6 Å². The Bertz CT molecular complexity index is 540. The Morgan fingerprint density at radius 1 is 1.28 bits per heavy atom. The number of likely N-dealkylation sites (tertiary alicyclic amines) is 1. The first-order valence-corrected chi connectivity index (χ1v) is 8.79. The highest BCUT2D eigenvalue weighted by molar-refractivity contribution is 14.0. The Kier molecular flexibility index (Phi) is 9.13. The van der Waals surface area contributed by atoms with Gasteiger partial charge >= 0.3 is 0 Å². The number of halogens is 2. The standard InChI is InChI=1S/C19H30FN3O.HI/c1-5-24-17-10-12-23(13-11-17)18(21-4)22-14-19(2,3)15-6-8-16(20)9-7-15;/h6-9,17H,5,10-14H2,1-4H3,(H,21,22);1H. The highest BCUT2D eigenvalue weighted by Gasteiger charge is 2.25. The second-order valence-electron chi connectivity index (χ2n) is 6.93. The number of benzene rings is 1. The summed E-state index contributed by atoms with van der Waals surface area (Å²) in [6.45, 7) is 9.80. The van der Waals surface area contributed by atoms with Crippen LogP contribution < -0.4 is 5.32 Å². The maximum Gasteiger partial charge on any atom is 0.193 e. The van der Waals surface area contributed by atoms with E-state index >= 15 is 0 Å². The zero-order chi connectivity index (χ0) is 17.6. The average molecular weight is 463 g/mol. The molecule has 0 spiro atoms. The van der Waals surface area contributed by atoms with Crippen molar-refractivity contribution in [2.45, 2.75) is 45.1 Å². The van der Waals surface area contributed by atoms with Gasteiger partial charge in [-0.3, -0.25) is 4.99 Å². The summed E-state index contributed by atoms with van der Waals surface area (Å²) in [5.74, 6) is 0.732. The third-order valence-electron chi connectivity index (χ3n) is 4.67. The Morgan fingerprint density at radius 2 is 1.88 bits per heavy atom. The van der Waals surface area contributed by atoms with Crippen LogP contribution in [0.2, 0.25) is 0 Å². The molecule has 1 N–H and O–H groups in total.